The molecule has 1 amide bonds. The number of fused-ring (bicyclic) bond motifs is 1. The third-order valence-electron chi connectivity index (χ3n) is 5.90. The summed E-state index contributed by atoms with van der Waals surface area (Å²) < 4.78 is 25.4. The molecular formula is C23H28F2N6O. The Labute approximate surface area is 185 Å². The minimum Gasteiger partial charge on any atom is -0.381 e. The van der Waals surface area contributed by atoms with Crippen LogP contribution in [-0.4, -0.2) is 39.6 Å². The Morgan fingerprint density at radius 1 is 0.969 bits per heavy atom. The van der Waals surface area contributed by atoms with Crippen LogP contribution in [0.15, 0.2) is 36.5 Å². The van der Waals surface area contributed by atoms with Crippen molar-refractivity contribution in [3.8, 4) is 0 Å². The summed E-state index contributed by atoms with van der Waals surface area (Å²) in [6, 6.07) is 6.49. The van der Waals surface area contributed by atoms with Gasteiger partial charge in [-0.2, -0.15) is 0 Å². The van der Waals surface area contributed by atoms with E-state index in [4.69, 9.17) is 5.73 Å². The largest absolute Gasteiger partial charge is 0.381 e. The molecule has 2 aliphatic rings. The molecule has 0 radical (unpaired) electrons. The van der Waals surface area contributed by atoms with Crippen LogP contribution in [0.3, 0.4) is 0 Å². The maximum absolute atomic E-state index is 12.7. The van der Waals surface area contributed by atoms with Crippen LogP contribution in [0.4, 0.5) is 20.4 Å². The van der Waals surface area contributed by atoms with Crippen molar-refractivity contribution in [2.75, 3.05) is 23.7 Å². The average molecular weight is 443 g/mol. The first kappa shape index (κ1) is 22.0. The average Bonchev–Trinajstić information content (AvgIpc) is 3.44. The molecule has 9 heteroatoms. The number of anilines is 2. The summed E-state index contributed by atoms with van der Waals surface area (Å²) in [5.74, 6) is 0.166. The molecule has 3 aromatic rings. The van der Waals surface area contributed by atoms with E-state index in [1.807, 2.05) is 12.3 Å². The summed E-state index contributed by atoms with van der Waals surface area (Å²) in [7, 11) is 0. The van der Waals surface area contributed by atoms with E-state index in [-0.39, 0.29) is 17.8 Å². The number of nitrogens with one attached hydrogen (secondary N) is 1. The van der Waals surface area contributed by atoms with Crippen LogP contribution in [0.1, 0.15) is 55.3 Å². The number of rotatable bonds is 3. The molecule has 0 spiro atoms. The molecule has 1 aromatic carbocycles. The predicted octanol–water partition coefficient (Wildman–Crippen LogP) is 3.94. The molecule has 1 aliphatic heterocycles. The van der Waals surface area contributed by atoms with Crippen LogP contribution in [0.25, 0.3) is 5.65 Å². The van der Waals surface area contributed by atoms with Crippen LogP contribution >= 0.6 is 0 Å². The van der Waals surface area contributed by atoms with Gasteiger partial charge in [-0.15, -0.1) is 5.10 Å². The number of hydrogen-bond donors (Lipinski definition) is 2. The van der Waals surface area contributed by atoms with Crippen molar-refractivity contribution in [3.63, 3.8) is 0 Å². The van der Waals surface area contributed by atoms with Crippen molar-refractivity contribution < 1.29 is 13.6 Å². The second kappa shape index (κ2) is 9.93. The van der Waals surface area contributed by atoms with Crippen LogP contribution in [0.2, 0.25) is 0 Å². The number of benzene rings is 1. The smallest absolute Gasteiger partial charge is 0.259 e. The zero-order chi connectivity index (χ0) is 22.5. The predicted molar refractivity (Wildman–Crippen MR) is 120 cm³/mol. The number of carbonyl (C=O) groups is 1. The van der Waals surface area contributed by atoms with Gasteiger partial charge >= 0.3 is 0 Å². The molecule has 1 saturated heterocycles. The number of halogens is 2. The number of carbonyl (C=O) groups excluding carboxylic acids is 1. The van der Waals surface area contributed by atoms with E-state index in [1.165, 1.54) is 32.1 Å². The van der Waals surface area contributed by atoms with E-state index in [2.05, 4.69) is 20.3 Å². The maximum Gasteiger partial charge on any atom is 0.259 e. The topological polar surface area (TPSA) is 88.5 Å². The maximum atomic E-state index is 12.7. The third-order valence-corrected chi connectivity index (χ3v) is 5.90. The van der Waals surface area contributed by atoms with Crippen molar-refractivity contribution >= 4 is 23.2 Å². The lowest BCUT2D eigenvalue weighted by atomic mass is 9.95. The molecule has 3 N–H and O–H groups in total. The molecule has 2 fully saturated rings. The summed E-state index contributed by atoms with van der Waals surface area (Å²) in [5, 5.41) is 7.36. The molecule has 1 aliphatic carbocycles. The lowest BCUT2D eigenvalue weighted by Crippen LogP contribution is -2.36. The molecular weight excluding hydrogens is 414 g/mol. The quantitative estimate of drug-likeness (QED) is 0.642. The van der Waals surface area contributed by atoms with Gasteiger partial charge in [0, 0.05) is 25.3 Å². The van der Waals surface area contributed by atoms with Gasteiger partial charge in [-0.05, 0) is 56.0 Å². The first-order chi connectivity index (χ1) is 15.5. The van der Waals surface area contributed by atoms with Gasteiger partial charge < -0.3 is 16.0 Å². The lowest BCUT2D eigenvalue weighted by molar-refractivity contribution is 0.0930. The fraction of sp³-hybridized carbons (Fsp3) is 0.435. The monoisotopic (exact) mass is 442 g/mol. The number of aromatic nitrogens is 3. The summed E-state index contributed by atoms with van der Waals surface area (Å²) in [5.41, 5.74) is 6.97. The highest BCUT2D eigenvalue weighted by atomic mass is 19.1. The number of nitrogens with two attached hydrogens (primary N) is 1. The Bertz CT molecular complexity index is 1040. The molecule has 0 unspecified atom stereocenters. The number of nitrogen functional groups attached to an aromatic ring is 1. The molecule has 170 valence electrons. The van der Waals surface area contributed by atoms with E-state index < -0.39 is 11.6 Å². The first-order valence-corrected chi connectivity index (χ1v) is 11.1. The third kappa shape index (κ3) is 5.15. The minimum absolute atomic E-state index is 0.152. The van der Waals surface area contributed by atoms with Gasteiger partial charge in [0.15, 0.2) is 11.5 Å². The highest BCUT2D eigenvalue weighted by Crippen LogP contribution is 2.23. The fourth-order valence-electron chi connectivity index (χ4n) is 4.21. The first-order valence-electron chi connectivity index (χ1n) is 11.1. The molecule has 5 rings (SSSR count). The van der Waals surface area contributed by atoms with Crippen LogP contribution in [0.5, 0.6) is 0 Å². The molecule has 3 heterocycles. The molecule has 0 bridgehead atoms. The van der Waals surface area contributed by atoms with Crippen molar-refractivity contribution in [2.24, 2.45) is 0 Å². The summed E-state index contributed by atoms with van der Waals surface area (Å²) in [6.07, 6.45) is 9.88. The summed E-state index contributed by atoms with van der Waals surface area (Å²) in [4.78, 5) is 19.7. The zero-order valence-corrected chi connectivity index (χ0v) is 17.9. The normalized spacial score (nSPS) is 16.6. The highest BCUT2D eigenvalue weighted by Gasteiger charge is 2.24. The second-order valence-corrected chi connectivity index (χ2v) is 8.25. The lowest BCUT2D eigenvalue weighted by Gasteiger charge is -2.22. The number of amides is 1. The Morgan fingerprint density at radius 3 is 2.22 bits per heavy atom. The van der Waals surface area contributed by atoms with E-state index in [9.17, 15) is 13.6 Å². The second-order valence-electron chi connectivity index (χ2n) is 8.25. The molecule has 0 atom stereocenters. The van der Waals surface area contributed by atoms with Crippen molar-refractivity contribution in [3.05, 3.63) is 53.7 Å². The van der Waals surface area contributed by atoms with Crippen LogP contribution in [0, 0.1) is 11.6 Å². The van der Waals surface area contributed by atoms with Gasteiger partial charge in [0.2, 0.25) is 0 Å². The standard InChI is InChI=1S/C17H24N6O.C6H4F2/c18-15-14(17(24)19-12-6-2-1-3-7-12)16-20-13(8-11-23(16)21-15)22-9-4-5-10-22;7-5-1-2-6(8)4-3-5/h8,11-12H,1-7,9-10H2,(H2,18,21)(H,19,24);1-4H. The number of nitrogens with zero attached hydrogens (tertiary/aromatic N) is 4. The molecule has 2 aromatic heterocycles. The Morgan fingerprint density at radius 2 is 1.59 bits per heavy atom. The highest BCUT2D eigenvalue weighted by molar-refractivity contribution is 6.04. The van der Waals surface area contributed by atoms with Gasteiger partial charge in [-0.1, -0.05) is 19.3 Å². The Kier molecular flexibility index (Phi) is 6.82. The SMILES string of the molecule is Fc1ccc(F)cc1.Nc1nn2ccc(N3CCCC3)nc2c1C(=O)NC1CCCCC1. The zero-order valence-electron chi connectivity index (χ0n) is 17.9. The van der Waals surface area contributed by atoms with E-state index in [0.717, 1.165) is 56.0 Å². The van der Waals surface area contributed by atoms with Crippen LogP contribution < -0.4 is 16.0 Å². The summed E-state index contributed by atoms with van der Waals surface area (Å²) in [6.45, 7) is 2.02. The van der Waals surface area contributed by atoms with Crippen LogP contribution in [-0.2, 0) is 0 Å². The van der Waals surface area contributed by atoms with Gasteiger partial charge in [0.25, 0.3) is 5.91 Å². The van der Waals surface area contributed by atoms with Gasteiger partial charge in [-0.25, -0.2) is 18.3 Å². The molecule has 7 nitrogen and oxygen atoms in total. The van der Waals surface area contributed by atoms with E-state index in [1.54, 1.807) is 4.52 Å². The molecule has 32 heavy (non-hydrogen) atoms. The van der Waals surface area contributed by atoms with E-state index >= 15 is 0 Å². The Hall–Kier alpha value is -3.23. The number of hydrogen-bond acceptors (Lipinski definition) is 5. The van der Waals surface area contributed by atoms with E-state index in [0.29, 0.717) is 11.2 Å². The van der Waals surface area contributed by atoms with Crippen molar-refractivity contribution in [1.82, 2.24) is 19.9 Å². The van der Waals surface area contributed by atoms with Gasteiger partial charge in [0.1, 0.15) is 23.0 Å². The summed E-state index contributed by atoms with van der Waals surface area (Å²) >= 11 is 0. The van der Waals surface area contributed by atoms with Crippen molar-refractivity contribution in [2.45, 2.75) is 51.0 Å². The fourth-order valence-corrected chi connectivity index (χ4v) is 4.21. The van der Waals surface area contributed by atoms with Gasteiger partial charge in [-0.3, -0.25) is 4.79 Å². The molecule has 1 saturated carbocycles. The van der Waals surface area contributed by atoms with Crippen molar-refractivity contribution in [1.29, 1.82) is 0 Å². The Balaban J connectivity index is 0.000000260. The van der Waals surface area contributed by atoms with Gasteiger partial charge in [0.05, 0.1) is 0 Å². The minimum atomic E-state index is -0.411.